The van der Waals surface area contributed by atoms with Gasteiger partial charge in [-0.25, -0.2) is 9.78 Å². The maximum absolute atomic E-state index is 12.9. The van der Waals surface area contributed by atoms with Crippen molar-refractivity contribution in [1.82, 2.24) is 9.97 Å². The van der Waals surface area contributed by atoms with Gasteiger partial charge in [-0.1, -0.05) is 18.2 Å². The predicted octanol–water partition coefficient (Wildman–Crippen LogP) is 4.37. The van der Waals surface area contributed by atoms with E-state index in [2.05, 4.69) is 9.97 Å². The van der Waals surface area contributed by atoms with Crippen LogP contribution in [0.4, 0.5) is 5.69 Å². The molecule has 0 saturated heterocycles. The smallest absolute Gasteiger partial charge is 0.338 e. The van der Waals surface area contributed by atoms with Crippen molar-refractivity contribution < 1.29 is 19.1 Å². The number of carbonyl (C=O) groups is 2. The van der Waals surface area contributed by atoms with Crippen LogP contribution in [0.15, 0.2) is 66.7 Å². The lowest BCUT2D eigenvalue weighted by Crippen LogP contribution is -2.39. The second kappa shape index (κ2) is 8.43. The average molecular weight is 441 g/mol. The molecule has 0 radical (unpaired) electrons. The van der Waals surface area contributed by atoms with Gasteiger partial charge < -0.3 is 19.4 Å². The minimum Gasteiger partial charge on any atom is -0.497 e. The number of imidazole rings is 1. The van der Waals surface area contributed by atoms with Gasteiger partial charge in [0.15, 0.2) is 6.10 Å². The number of anilines is 1. The summed E-state index contributed by atoms with van der Waals surface area (Å²) >= 11 is 0. The van der Waals surface area contributed by atoms with Crippen LogP contribution in [0, 0.1) is 0 Å². The highest BCUT2D eigenvalue weighted by atomic mass is 16.5. The van der Waals surface area contributed by atoms with Crippen molar-refractivity contribution in [2.45, 2.75) is 19.4 Å². The summed E-state index contributed by atoms with van der Waals surface area (Å²) in [7, 11) is 1.62. The summed E-state index contributed by atoms with van der Waals surface area (Å²) in [5, 5.41) is 0. The van der Waals surface area contributed by atoms with E-state index in [0.717, 1.165) is 34.5 Å². The summed E-state index contributed by atoms with van der Waals surface area (Å²) < 4.78 is 10.7. The van der Waals surface area contributed by atoms with E-state index in [-0.39, 0.29) is 5.91 Å². The molecule has 0 bridgehead atoms. The third-order valence-corrected chi connectivity index (χ3v) is 5.87. The zero-order chi connectivity index (χ0) is 22.9. The van der Waals surface area contributed by atoms with E-state index in [0.29, 0.717) is 23.4 Å². The molecule has 7 nitrogen and oxygen atoms in total. The third-order valence-electron chi connectivity index (χ3n) is 5.87. The molecule has 1 aliphatic heterocycles. The number of amides is 1. The Labute approximate surface area is 191 Å². The number of hydrogen-bond acceptors (Lipinski definition) is 5. The molecule has 7 heteroatoms. The number of rotatable bonds is 5. The molecule has 4 aromatic rings. The van der Waals surface area contributed by atoms with Gasteiger partial charge in [0.2, 0.25) is 0 Å². The van der Waals surface area contributed by atoms with Gasteiger partial charge in [0.1, 0.15) is 11.6 Å². The first-order valence-corrected chi connectivity index (χ1v) is 10.8. The standard InChI is InChI=1S/C26H23N3O4/c1-16(25(30)29-14-13-17-5-3-4-6-23(17)29)33-26(31)19-9-12-21-22(15-19)28-24(27-21)18-7-10-20(32-2)11-8-18/h3-12,15-16H,13-14H2,1-2H3,(H,27,28). The lowest BCUT2D eigenvalue weighted by Gasteiger charge is -2.21. The zero-order valence-electron chi connectivity index (χ0n) is 18.4. The number of nitrogens with zero attached hydrogens (tertiary/aromatic N) is 2. The number of carbonyl (C=O) groups excluding carboxylic acids is 2. The Morgan fingerprint density at radius 1 is 1.06 bits per heavy atom. The number of benzene rings is 3. The van der Waals surface area contributed by atoms with Crippen LogP contribution < -0.4 is 9.64 Å². The fourth-order valence-corrected chi connectivity index (χ4v) is 4.09. The fraction of sp³-hybridized carbons (Fsp3) is 0.192. The van der Waals surface area contributed by atoms with Gasteiger partial charge in [-0.05, 0) is 67.4 Å². The lowest BCUT2D eigenvalue weighted by atomic mass is 10.2. The molecule has 0 aliphatic carbocycles. The highest BCUT2D eigenvalue weighted by Gasteiger charge is 2.30. The van der Waals surface area contributed by atoms with E-state index in [1.54, 1.807) is 37.1 Å². The monoisotopic (exact) mass is 441 g/mol. The summed E-state index contributed by atoms with van der Waals surface area (Å²) in [6, 6.07) is 20.5. The number of methoxy groups -OCH3 is 1. The SMILES string of the molecule is COc1ccc(-c2nc3ccc(C(=O)OC(C)C(=O)N4CCc5ccccc54)cc3[nH]2)cc1. The zero-order valence-corrected chi connectivity index (χ0v) is 18.4. The Kier molecular flexibility index (Phi) is 5.30. The molecule has 1 unspecified atom stereocenters. The molecule has 2 heterocycles. The quantitative estimate of drug-likeness (QED) is 0.465. The number of fused-ring (bicyclic) bond motifs is 2. The van der Waals surface area contributed by atoms with Crippen LogP contribution in [-0.2, 0) is 16.0 Å². The van der Waals surface area contributed by atoms with Crippen molar-refractivity contribution in [2.24, 2.45) is 0 Å². The van der Waals surface area contributed by atoms with E-state index in [4.69, 9.17) is 9.47 Å². The number of hydrogen-bond donors (Lipinski definition) is 1. The van der Waals surface area contributed by atoms with E-state index in [1.165, 1.54) is 0 Å². The molecule has 1 atom stereocenters. The van der Waals surface area contributed by atoms with Gasteiger partial charge in [-0.2, -0.15) is 0 Å². The molecular weight excluding hydrogens is 418 g/mol. The number of para-hydroxylation sites is 1. The molecule has 1 N–H and O–H groups in total. The highest BCUT2D eigenvalue weighted by molar-refractivity contribution is 6.01. The second-order valence-corrected chi connectivity index (χ2v) is 7.96. The summed E-state index contributed by atoms with van der Waals surface area (Å²) in [4.78, 5) is 35.2. The fourth-order valence-electron chi connectivity index (χ4n) is 4.09. The van der Waals surface area contributed by atoms with Crippen molar-refractivity contribution >= 4 is 28.6 Å². The van der Waals surface area contributed by atoms with Gasteiger partial charge in [0.05, 0.1) is 23.7 Å². The largest absolute Gasteiger partial charge is 0.497 e. The Bertz CT molecular complexity index is 1340. The van der Waals surface area contributed by atoms with Crippen LogP contribution in [-0.4, -0.2) is 41.6 Å². The highest BCUT2D eigenvalue weighted by Crippen LogP contribution is 2.28. The minimum atomic E-state index is -0.893. The van der Waals surface area contributed by atoms with E-state index >= 15 is 0 Å². The van der Waals surface area contributed by atoms with Gasteiger partial charge >= 0.3 is 5.97 Å². The molecule has 0 spiro atoms. The normalized spacial score (nSPS) is 13.6. The molecule has 0 fully saturated rings. The molecule has 33 heavy (non-hydrogen) atoms. The lowest BCUT2D eigenvalue weighted by molar-refractivity contribution is -0.126. The van der Waals surface area contributed by atoms with Gasteiger partial charge in [0, 0.05) is 17.8 Å². The van der Waals surface area contributed by atoms with E-state index in [9.17, 15) is 9.59 Å². The molecule has 166 valence electrons. The first-order valence-electron chi connectivity index (χ1n) is 10.8. The van der Waals surface area contributed by atoms with Gasteiger partial charge in [0.25, 0.3) is 5.91 Å². The molecule has 3 aromatic carbocycles. The second-order valence-electron chi connectivity index (χ2n) is 7.96. The Balaban J connectivity index is 1.31. The third kappa shape index (κ3) is 3.93. The van der Waals surface area contributed by atoms with Crippen LogP contribution in [0.5, 0.6) is 5.75 Å². The van der Waals surface area contributed by atoms with E-state index in [1.807, 2.05) is 48.5 Å². The maximum atomic E-state index is 12.9. The van der Waals surface area contributed by atoms with Crippen molar-refractivity contribution in [2.75, 3.05) is 18.6 Å². The Morgan fingerprint density at radius 2 is 1.85 bits per heavy atom. The number of esters is 1. The molecule has 1 aromatic heterocycles. The van der Waals surface area contributed by atoms with Crippen LogP contribution >= 0.6 is 0 Å². The molecule has 1 aliphatic rings. The number of aromatic nitrogens is 2. The summed E-state index contributed by atoms with van der Waals surface area (Å²) in [5.74, 6) is 0.680. The first-order chi connectivity index (χ1) is 16.0. The Hall–Kier alpha value is -4.13. The van der Waals surface area contributed by atoms with Crippen LogP contribution in [0.25, 0.3) is 22.4 Å². The number of ether oxygens (including phenoxy) is 2. The van der Waals surface area contributed by atoms with Crippen LogP contribution in [0.1, 0.15) is 22.8 Å². The molecule has 0 saturated carbocycles. The number of nitrogens with one attached hydrogen (secondary N) is 1. The van der Waals surface area contributed by atoms with E-state index < -0.39 is 12.1 Å². The van der Waals surface area contributed by atoms with Gasteiger partial charge in [-0.3, -0.25) is 4.79 Å². The topological polar surface area (TPSA) is 84.5 Å². The average Bonchev–Trinajstić information content (AvgIpc) is 3.47. The molecular formula is C26H23N3O4. The van der Waals surface area contributed by atoms with Crippen LogP contribution in [0.3, 0.4) is 0 Å². The van der Waals surface area contributed by atoms with Crippen molar-refractivity contribution in [3.05, 3.63) is 77.9 Å². The first kappa shape index (κ1) is 20.8. The number of aromatic amines is 1. The number of H-pyrrole nitrogens is 1. The minimum absolute atomic E-state index is 0.224. The summed E-state index contributed by atoms with van der Waals surface area (Å²) in [6.07, 6.45) is -0.0914. The molecule has 5 rings (SSSR count). The van der Waals surface area contributed by atoms with Crippen molar-refractivity contribution in [1.29, 1.82) is 0 Å². The predicted molar refractivity (Wildman–Crippen MR) is 125 cm³/mol. The molecule has 1 amide bonds. The summed E-state index contributed by atoms with van der Waals surface area (Å²) in [5.41, 5.74) is 4.71. The van der Waals surface area contributed by atoms with Crippen LogP contribution in [0.2, 0.25) is 0 Å². The maximum Gasteiger partial charge on any atom is 0.338 e. The van der Waals surface area contributed by atoms with Crippen molar-refractivity contribution in [3.8, 4) is 17.1 Å². The Morgan fingerprint density at radius 3 is 2.64 bits per heavy atom. The summed E-state index contributed by atoms with van der Waals surface area (Å²) in [6.45, 7) is 2.20. The van der Waals surface area contributed by atoms with Gasteiger partial charge in [-0.15, -0.1) is 0 Å². The van der Waals surface area contributed by atoms with Crippen molar-refractivity contribution in [3.63, 3.8) is 0 Å².